The first-order valence-corrected chi connectivity index (χ1v) is 7.69. The van der Waals surface area contributed by atoms with E-state index in [2.05, 4.69) is 60.1 Å². The van der Waals surface area contributed by atoms with Crippen LogP contribution in [0.5, 0.6) is 0 Å². The van der Waals surface area contributed by atoms with Gasteiger partial charge in [-0.05, 0) is 25.5 Å². The van der Waals surface area contributed by atoms with E-state index >= 15 is 0 Å². The number of hydrogen-bond acceptors (Lipinski definition) is 3. The molecule has 0 aliphatic carbocycles. The Morgan fingerprint density at radius 2 is 2.00 bits per heavy atom. The number of nitrogens with one attached hydrogen (secondary N) is 1. The topological polar surface area (TPSA) is 28.2 Å². The Bertz CT molecular complexity index is 629. The summed E-state index contributed by atoms with van der Waals surface area (Å²) in [6.45, 7) is 10.5. The first kappa shape index (κ1) is 14.2. The monoisotopic (exact) mass is 281 g/mol. The number of para-hydroxylation sites is 1. The van der Waals surface area contributed by atoms with E-state index in [9.17, 15) is 0 Å². The van der Waals surface area contributed by atoms with Gasteiger partial charge in [0.1, 0.15) is 0 Å². The van der Waals surface area contributed by atoms with Crippen LogP contribution < -0.4 is 5.32 Å². The van der Waals surface area contributed by atoms with Gasteiger partial charge < -0.3 is 5.32 Å². The smallest absolute Gasteiger partial charge is 0.0706 e. The second kappa shape index (κ2) is 6.37. The van der Waals surface area contributed by atoms with Gasteiger partial charge in [-0.2, -0.15) is 0 Å². The minimum atomic E-state index is 0.342. The van der Waals surface area contributed by atoms with Gasteiger partial charge in [-0.3, -0.25) is 9.88 Å². The SMILES string of the molecule is C=C(C)C[C@@H](c1ccc2ccccc2n1)N1CCNCC1. The molecule has 1 atom stereocenters. The second-order valence-electron chi connectivity index (χ2n) is 5.89. The molecular formula is C18H23N3. The van der Waals surface area contributed by atoms with Crippen LogP contribution >= 0.6 is 0 Å². The molecule has 1 saturated heterocycles. The quantitative estimate of drug-likeness (QED) is 0.873. The third kappa shape index (κ3) is 3.31. The molecule has 1 fully saturated rings. The van der Waals surface area contributed by atoms with Crippen LogP contribution in [-0.2, 0) is 0 Å². The highest BCUT2D eigenvalue weighted by atomic mass is 15.2. The molecule has 0 unspecified atom stereocenters. The highest BCUT2D eigenvalue weighted by Gasteiger charge is 2.23. The minimum absolute atomic E-state index is 0.342. The van der Waals surface area contributed by atoms with E-state index in [1.807, 2.05) is 0 Å². The molecule has 1 N–H and O–H groups in total. The predicted molar refractivity (Wildman–Crippen MR) is 88.4 cm³/mol. The van der Waals surface area contributed by atoms with Gasteiger partial charge in [0.2, 0.25) is 0 Å². The molecule has 1 aromatic carbocycles. The van der Waals surface area contributed by atoms with Crippen LogP contribution in [0.4, 0.5) is 0 Å². The van der Waals surface area contributed by atoms with Crippen LogP contribution in [0.3, 0.4) is 0 Å². The number of rotatable bonds is 4. The molecule has 0 bridgehead atoms. The molecule has 1 aliphatic rings. The van der Waals surface area contributed by atoms with E-state index in [1.54, 1.807) is 0 Å². The first-order valence-electron chi connectivity index (χ1n) is 7.69. The number of hydrogen-bond donors (Lipinski definition) is 1. The average molecular weight is 281 g/mol. The zero-order valence-corrected chi connectivity index (χ0v) is 12.7. The Hall–Kier alpha value is -1.71. The molecule has 1 aromatic heterocycles. The third-order valence-electron chi connectivity index (χ3n) is 4.10. The molecule has 110 valence electrons. The Morgan fingerprint density at radius 3 is 2.76 bits per heavy atom. The molecule has 0 radical (unpaired) electrons. The van der Waals surface area contributed by atoms with Gasteiger partial charge in [-0.25, -0.2) is 0 Å². The summed E-state index contributed by atoms with van der Waals surface area (Å²) >= 11 is 0. The van der Waals surface area contributed by atoms with Crippen molar-refractivity contribution in [1.82, 2.24) is 15.2 Å². The van der Waals surface area contributed by atoms with Crippen molar-refractivity contribution in [3.05, 3.63) is 54.2 Å². The van der Waals surface area contributed by atoms with Gasteiger partial charge in [-0.15, -0.1) is 6.58 Å². The summed E-state index contributed by atoms with van der Waals surface area (Å²) in [5, 5.41) is 4.62. The van der Waals surface area contributed by atoms with Gasteiger partial charge in [0.25, 0.3) is 0 Å². The number of nitrogens with zero attached hydrogens (tertiary/aromatic N) is 2. The van der Waals surface area contributed by atoms with Crippen LogP contribution in [0.15, 0.2) is 48.6 Å². The van der Waals surface area contributed by atoms with Crippen molar-refractivity contribution < 1.29 is 0 Å². The zero-order valence-electron chi connectivity index (χ0n) is 12.7. The van der Waals surface area contributed by atoms with Crippen molar-refractivity contribution in [2.45, 2.75) is 19.4 Å². The number of pyridine rings is 1. The molecular weight excluding hydrogens is 258 g/mol. The molecule has 3 rings (SSSR count). The average Bonchev–Trinajstić information content (AvgIpc) is 2.53. The van der Waals surface area contributed by atoms with Crippen LogP contribution in [0, 0.1) is 0 Å². The number of fused-ring (bicyclic) bond motifs is 1. The van der Waals surface area contributed by atoms with Gasteiger partial charge >= 0.3 is 0 Å². The molecule has 3 nitrogen and oxygen atoms in total. The predicted octanol–water partition coefficient (Wildman–Crippen LogP) is 3.15. The fourth-order valence-electron chi connectivity index (χ4n) is 3.01. The summed E-state index contributed by atoms with van der Waals surface area (Å²) in [6.07, 6.45) is 0.978. The molecule has 0 amide bonds. The Labute approximate surface area is 126 Å². The van der Waals surface area contributed by atoms with Crippen LogP contribution in [0.2, 0.25) is 0 Å². The van der Waals surface area contributed by atoms with Crippen molar-refractivity contribution in [3.63, 3.8) is 0 Å². The van der Waals surface area contributed by atoms with Gasteiger partial charge in [0, 0.05) is 31.6 Å². The molecule has 3 heteroatoms. The zero-order chi connectivity index (χ0) is 14.7. The largest absolute Gasteiger partial charge is 0.314 e. The summed E-state index contributed by atoms with van der Waals surface area (Å²) in [5.74, 6) is 0. The van der Waals surface area contributed by atoms with E-state index in [0.29, 0.717) is 6.04 Å². The highest BCUT2D eigenvalue weighted by Crippen LogP contribution is 2.27. The maximum atomic E-state index is 4.90. The lowest BCUT2D eigenvalue weighted by Gasteiger charge is -2.35. The Balaban J connectivity index is 1.94. The van der Waals surface area contributed by atoms with Crippen LogP contribution in [0.1, 0.15) is 25.1 Å². The van der Waals surface area contributed by atoms with Crippen molar-refractivity contribution in [3.8, 4) is 0 Å². The van der Waals surface area contributed by atoms with Crippen LogP contribution in [0.25, 0.3) is 10.9 Å². The van der Waals surface area contributed by atoms with Gasteiger partial charge in [0.15, 0.2) is 0 Å². The molecule has 1 aliphatic heterocycles. The number of piperazine rings is 1. The van der Waals surface area contributed by atoms with Crippen LogP contribution in [-0.4, -0.2) is 36.1 Å². The van der Waals surface area contributed by atoms with E-state index in [4.69, 9.17) is 4.98 Å². The lowest BCUT2D eigenvalue weighted by atomic mass is 10.0. The Morgan fingerprint density at radius 1 is 1.24 bits per heavy atom. The summed E-state index contributed by atoms with van der Waals surface area (Å²) in [4.78, 5) is 7.43. The fourth-order valence-corrected chi connectivity index (χ4v) is 3.01. The standard InChI is InChI=1S/C18H23N3/c1-14(2)13-18(21-11-9-19-10-12-21)17-8-7-15-5-3-4-6-16(15)20-17/h3-8,18-19H,1,9-13H2,2H3/t18-/m0/s1. The summed E-state index contributed by atoms with van der Waals surface area (Å²) in [5.41, 5.74) is 3.46. The van der Waals surface area contributed by atoms with E-state index < -0.39 is 0 Å². The Kier molecular flexibility index (Phi) is 4.32. The second-order valence-corrected chi connectivity index (χ2v) is 5.89. The maximum absolute atomic E-state index is 4.90. The normalized spacial score (nSPS) is 17.8. The molecule has 21 heavy (non-hydrogen) atoms. The van der Waals surface area contributed by atoms with Crippen molar-refractivity contribution >= 4 is 10.9 Å². The summed E-state index contributed by atoms with van der Waals surface area (Å²) in [7, 11) is 0. The first-order chi connectivity index (χ1) is 10.2. The van der Waals surface area contributed by atoms with Crippen molar-refractivity contribution in [2.75, 3.05) is 26.2 Å². The lowest BCUT2D eigenvalue weighted by molar-refractivity contribution is 0.169. The molecule has 0 saturated carbocycles. The van der Waals surface area contributed by atoms with E-state index in [1.165, 1.54) is 16.7 Å². The summed E-state index contributed by atoms with van der Waals surface area (Å²) < 4.78 is 0. The number of benzene rings is 1. The lowest BCUT2D eigenvalue weighted by Crippen LogP contribution is -2.45. The van der Waals surface area contributed by atoms with Gasteiger partial charge in [0.05, 0.1) is 17.3 Å². The third-order valence-corrected chi connectivity index (χ3v) is 4.10. The van der Waals surface area contributed by atoms with E-state index in [-0.39, 0.29) is 0 Å². The van der Waals surface area contributed by atoms with Gasteiger partial charge in [-0.1, -0.05) is 29.8 Å². The minimum Gasteiger partial charge on any atom is -0.314 e. The summed E-state index contributed by atoms with van der Waals surface area (Å²) in [6, 6.07) is 13.0. The molecule has 2 heterocycles. The van der Waals surface area contributed by atoms with Crippen molar-refractivity contribution in [1.29, 1.82) is 0 Å². The maximum Gasteiger partial charge on any atom is 0.0706 e. The molecule has 0 spiro atoms. The number of aromatic nitrogens is 1. The van der Waals surface area contributed by atoms with Crippen molar-refractivity contribution in [2.24, 2.45) is 0 Å². The fraction of sp³-hybridized carbons (Fsp3) is 0.389. The van der Waals surface area contributed by atoms with E-state index in [0.717, 1.165) is 38.1 Å². The highest BCUT2D eigenvalue weighted by molar-refractivity contribution is 5.78. The molecule has 2 aromatic rings.